The predicted molar refractivity (Wildman–Crippen MR) is 118 cm³/mol. The summed E-state index contributed by atoms with van der Waals surface area (Å²) >= 11 is 0. The summed E-state index contributed by atoms with van der Waals surface area (Å²) in [5, 5.41) is 23.1. The first-order valence-corrected chi connectivity index (χ1v) is 12.4. The van der Waals surface area contributed by atoms with Crippen LogP contribution < -0.4 is 5.14 Å². The van der Waals surface area contributed by atoms with E-state index in [2.05, 4.69) is 17.0 Å². The minimum absolute atomic E-state index is 0.0636. The fourth-order valence-corrected chi connectivity index (χ4v) is 3.36. The van der Waals surface area contributed by atoms with Gasteiger partial charge in [0.2, 0.25) is 10.0 Å². The van der Waals surface area contributed by atoms with Crippen molar-refractivity contribution in [3.05, 3.63) is 12.2 Å². The molecule has 0 saturated heterocycles. The highest BCUT2D eigenvalue weighted by molar-refractivity contribution is 7.88. The van der Waals surface area contributed by atoms with Crippen LogP contribution in [0.4, 0.5) is 0 Å². The van der Waals surface area contributed by atoms with E-state index in [-0.39, 0.29) is 24.2 Å². The molecule has 0 aromatic rings. The van der Waals surface area contributed by atoms with Crippen molar-refractivity contribution >= 4 is 21.8 Å². The average molecular weight is 444 g/mol. The van der Waals surface area contributed by atoms with Gasteiger partial charge in [0.25, 0.3) is 0 Å². The minimum atomic E-state index is -3.17. The van der Waals surface area contributed by atoms with Gasteiger partial charge in [-0.15, -0.1) is 11.8 Å². The first-order chi connectivity index (χ1) is 14.0. The van der Waals surface area contributed by atoms with Crippen LogP contribution in [0.25, 0.3) is 0 Å². The van der Waals surface area contributed by atoms with Crippen molar-refractivity contribution in [1.29, 1.82) is 0 Å². The number of sulfonamides is 1. The molecule has 172 valence electrons. The molecule has 0 aliphatic heterocycles. The third-order valence-corrected chi connectivity index (χ3v) is 5.05. The first-order valence-electron chi connectivity index (χ1n) is 10.4. The van der Waals surface area contributed by atoms with Crippen LogP contribution in [0.5, 0.6) is 0 Å². The van der Waals surface area contributed by atoms with Crippen LogP contribution >= 0.6 is 0 Å². The summed E-state index contributed by atoms with van der Waals surface area (Å²) in [5.41, 5.74) is 0. The fourth-order valence-electron chi connectivity index (χ4n) is 3.36. The van der Waals surface area contributed by atoms with Gasteiger partial charge < -0.3 is 10.2 Å². The molecule has 1 fully saturated rings. The zero-order valence-corrected chi connectivity index (χ0v) is 19.2. The lowest BCUT2D eigenvalue weighted by molar-refractivity contribution is -0.137. The van der Waals surface area contributed by atoms with E-state index >= 15 is 0 Å². The predicted octanol–water partition coefficient (Wildman–Crippen LogP) is 2.88. The number of carbonyl (C=O) groups is 2. The average Bonchev–Trinajstić information content (AvgIpc) is 2.98. The molecule has 4 atom stereocenters. The van der Waals surface area contributed by atoms with Gasteiger partial charge in [0.05, 0.1) is 12.4 Å². The maximum Gasteiger partial charge on any atom is 0.303 e. The summed E-state index contributed by atoms with van der Waals surface area (Å²) < 4.78 is 18.8. The molecule has 30 heavy (non-hydrogen) atoms. The summed E-state index contributed by atoms with van der Waals surface area (Å²) in [6, 6.07) is 0. The fraction of sp³-hybridized carbons (Fsp3) is 0.727. The molecule has 1 aliphatic rings. The Labute approximate surface area is 181 Å². The highest BCUT2D eigenvalue weighted by Crippen LogP contribution is 2.34. The van der Waals surface area contributed by atoms with E-state index < -0.39 is 22.1 Å². The molecular weight excluding hydrogens is 406 g/mol. The van der Waals surface area contributed by atoms with Gasteiger partial charge in [-0.1, -0.05) is 38.3 Å². The molecule has 1 unspecified atom stereocenters. The molecule has 8 heteroatoms. The Hall–Kier alpha value is -1.69. The van der Waals surface area contributed by atoms with Crippen molar-refractivity contribution in [3.8, 4) is 11.8 Å². The molecule has 0 spiro atoms. The van der Waals surface area contributed by atoms with Crippen LogP contribution in [0.2, 0.25) is 0 Å². The van der Waals surface area contributed by atoms with Crippen molar-refractivity contribution in [2.45, 2.75) is 77.7 Å². The van der Waals surface area contributed by atoms with Gasteiger partial charge in [0.15, 0.2) is 0 Å². The number of carboxylic acids is 1. The Morgan fingerprint density at radius 2 is 1.90 bits per heavy atom. The van der Waals surface area contributed by atoms with Crippen LogP contribution in [0.15, 0.2) is 12.2 Å². The number of primary sulfonamides is 1. The number of hydrogen-bond donors (Lipinski definition) is 3. The van der Waals surface area contributed by atoms with Crippen molar-refractivity contribution in [3.63, 3.8) is 0 Å². The highest BCUT2D eigenvalue weighted by Gasteiger charge is 2.32. The van der Waals surface area contributed by atoms with Crippen LogP contribution in [-0.2, 0) is 19.6 Å². The molecule has 0 heterocycles. The van der Waals surface area contributed by atoms with E-state index in [0.29, 0.717) is 25.0 Å². The largest absolute Gasteiger partial charge is 0.481 e. The second-order valence-electron chi connectivity index (χ2n) is 7.94. The molecule has 1 aliphatic carbocycles. The van der Waals surface area contributed by atoms with Crippen LogP contribution in [-0.4, -0.2) is 42.7 Å². The summed E-state index contributed by atoms with van der Waals surface area (Å²) in [4.78, 5) is 22.6. The molecule has 0 aromatic carbocycles. The Balaban J connectivity index is 0.00000150. The second kappa shape index (κ2) is 15.2. The van der Waals surface area contributed by atoms with Gasteiger partial charge in [-0.25, -0.2) is 13.6 Å². The van der Waals surface area contributed by atoms with Gasteiger partial charge in [-0.05, 0) is 38.0 Å². The lowest BCUT2D eigenvalue weighted by Gasteiger charge is -2.17. The van der Waals surface area contributed by atoms with Crippen LogP contribution in [0, 0.1) is 29.6 Å². The quantitative estimate of drug-likeness (QED) is 0.255. The number of carbonyl (C=O) groups excluding carboxylic acids is 1. The van der Waals surface area contributed by atoms with Gasteiger partial charge in [0, 0.05) is 25.2 Å². The highest BCUT2D eigenvalue weighted by atomic mass is 32.2. The van der Waals surface area contributed by atoms with Crippen LogP contribution in [0.3, 0.4) is 0 Å². The number of aliphatic hydroxyl groups is 1. The van der Waals surface area contributed by atoms with E-state index in [4.69, 9.17) is 5.11 Å². The third-order valence-electron chi connectivity index (χ3n) is 5.05. The van der Waals surface area contributed by atoms with Crippen molar-refractivity contribution in [1.82, 2.24) is 0 Å². The van der Waals surface area contributed by atoms with Gasteiger partial charge in [-0.2, -0.15) is 0 Å². The molecule has 4 N–H and O–H groups in total. The molecular formula is C22H37NO6S. The number of nitrogens with two attached hydrogens (primary N) is 1. The molecule has 1 rings (SSSR count). The van der Waals surface area contributed by atoms with E-state index in [1.165, 1.54) is 0 Å². The minimum Gasteiger partial charge on any atom is -0.481 e. The van der Waals surface area contributed by atoms with Crippen molar-refractivity contribution in [2.24, 2.45) is 22.9 Å². The Kier molecular flexibility index (Phi) is 14.3. The zero-order chi connectivity index (χ0) is 23.2. The van der Waals surface area contributed by atoms with E-state index in [1.807, 2.05) is 19.1 Å². The van der Waals surface area contributed by atoms with Crippen molar-refractivity contribution < 1.29 is 28.2 Å². The second-order valence-corrected chi connectivity index (χ2v) is 9.59. The SMILES string of the molecule is CC#CCC(C)[C@H](O)/C=C/[C@H]1CCC(=O)[C@@H]1CCCCCCC(=O)O.CS(N)(=O)=O. The summed E-state index contributed by atoms with van der Waals surface area (Å²) in [6.07, 6.45) is 11.1. The van der Waals surface area contributed by atoms with Gasteiger partial charge >= 0.3 is 5.97 Å². The number of ketones is 1. The zero-order valence-electron chi connectivity index (χ0n) is 18.3. The Morgan fingerprint density at radius 3 is 2.47 bits per heavy atom. The van der Waals surface area contributed by atoms with Gasteiger partial charge in [-0.3, -0.25) is 9.59 Å². The summed E-state index contributed by atoms with van der Waals surface area (Å²) in [7, 11) is -3.17. The van der Waals surface area contributed by atoms with E-state index in [0.717, 1.165) is 38.4 Å². The van der Waals surface area contributed by atoms with Gasteiger partial charge in [0.1, 0.15) is 5.78 Å². The molecule has 0 bridgehead atoms. The Bertz CT molecular complexity index is 712. The standard InChI is InChI=1S/C21H32O4.CH5NO2S/c1-3-4-9-16(2)19(22)14-12-17-13-15-20(23)18(17)10-7-5-6-8-11-21(24)25;1-5(2,3)4/h12,14,16-19,22H,5-11,13,15H2,1-2H3,(H,24,25);1H3,(H2,2,3,4)/b14-12+;/t16?,17-,18+,19+;/m0./s1. The topological polar surface area (TPSA) is 135 Å². The molecule has 0 aromatic heterocycles. The number of aliphatic hydroxyl groups excluding tert-OH is 1. The number of hydrogen-bond acceptors (Lipinski definition) is 5. The molecule has 7 nitrogen and oxygen atoms in total. The van der Waals surface area contributed by atoms with Crippen molar-refractivity contribution in [2.75, 3.05) is 6.26 Å². The lowest BCUT2D eigenvalue weighted by atomic mass is 9.88. The van der Waals surface area contributed by atoms with Crippen LogP contribution in [0.1, 0.15) is 71.6 Å². The lowest BCUT2D eigenvalue weighted by Crippen LogP contribution is -2.17. The number of allylic oxidation sites excluding steroid dienone is 1. The Morgan fingerprint density at radius 1 is 1.30 bits per heavy atom. The number of rotatable bonds is 11. The molecule has 0 radical (unpaired) electrons. The smallest absolute Gasteiger partial charge is 0.303 e. The number of carboxylic acid groups (broad SMARTS) is 1. The summed E-state index contributed by atoms with van der Waals surface area (Å²) in [5.74, 6) is 5.81. The van der Waals surface area contributed by atoms with E-state index in [1.54, 1.807) is 6.92 Å². The third kappa shape index (κ3) is 15.2. The molecule has 0 amide bonds. The number of unbranched alkanes of at least 4 members (excludes halogenated alkanes) is 3. The maximum absolute atomic E-state index is 12.1. The number of aliphatic carboxylic acids is 1. The van der Waals surface area contributed by atoms with E-state index in [9.17, 15) is 23.1 Å². The maximum atomic E-state index is 12.1. The monoisotopic (exact) mass is 443 g/mol. The molecule has 1 saturated carbocycles. The summed E-state index contributed by atoms with van der Waals surface area (Å²) in [6.45, 7) is 3.78. The number of Topliss-reactive ketones (excluding diaryl/α,β-unsaturated/α-hetero) is 1. The normalized spacial score (nSPS) is 20.8. The first kappa shape index (κ1) is 28.3.